The Kier molecular flexibility index (Phi) is 6.83. The average Bonchev–Trinajstić information content (AvgIpc) is 2.61. The molecule has 1 aromatic rings. The lowest BCUT2D eigenvalue weighted by atomic mass is 10.1. The Morgan fingerprint density at radius 2 is 2.13 bits per heavy atom. The molecule has 0 spiro atoms. The van der Waals surface area contributed by atoms with Gasteiger partial charge in [0.15, 0.2) is 0 Å². The van der Waals surface area contributed by atoms with Crippen LogP contribution in [0.3, 0.4) is 0 Å². The maximum atomic E-state index is 11.6. The summed E-state index contributed by atoms with van der Waals surface area (Å²) in [7, 11) is 2.80. The van der Waals surface area contributed by atoms with E-state index in [1.165, 1.54) is 20.4 Å². The molecule has 7 heteroatoms. The van der Waals surface area contributed by atoms with E-state index >= 15 is 0 Å². The minimum absolute atomic E-state index is 0.406. The summed E-state index contributed by atoms with van der Waals surface area (Å²) in [5.41, 5.74) is 1.10. The predicted octanol–water partition coefficient (Wildman–Crippen LogP) is 1.16. The van der Waals surface area contributed by atoms with Gasteiger partial charge < -0.3 is 19.0 Å². The van der Waals surface area contributed by atoms with Gasteiger partial charge in [-0.3, -0.25) is 4.90 Å². The van der Waals surface area contributed by atoms with Crippen LogP contribution in [0, 0.1) is 0 Å². The summed E-state index contributed by atoms with van der Waals surface area (Å²) < 4.78 is 15.9. The largest absolute Gasteiger partial charge is 0.492 e. The van der Waals surface area contributed by atoms with Crippen molar-refractivity contribution in [2.24, 2.45) is 5.16 Å². The minimum Gasteiger partial charge on any atom is -0.492 e. The van der Waals surface area contributed by atoms with Crippen molar-refractivity contribution in [3.63, 3.8) is 0 Å². The zero-order chi connectivity index (χ0) is 16.5. The number of methoxy groups -OCH3 is 1. The Bertz CT molecular complexity index is 541. The molecule has 0 saturated carbocycles. The molecule has 1 aromatic carbocycles. The van der Waals surface area contributed by atoms with Gasteiger partial charge in [0.25, 0.3) is 0 Å². The van der Waals surface area contributed by atoms with Crippen molar-refractivity contribution in [2.75, 3.05) is 53.7 Å². The molecule has 0 aromatic heterocycles. The molecule has 0 atom stereocenters. The second-order valence-electron chi connectivity index (χ2n) is 4.96. The summed E-state index contributed by atoms with van der Waals surface area (Å²) in [6.07, 6.45) is 1.51. The van der Waals surface area contributed by atoms with E-state index in [9.17, 15) is 4.79 Å². The molecule has 1 saturated heterocycles. The summed E-state index contributed by atoms with van der Waals surface area (Å²) in [4.78, 5) is 18.6. The molecule has 0 bridgehead atoms. The molecule has 1 fully saturated rings. The van der Waals surface area contributed by atoms with Crippen molar-refractivity contribution in [1.82, 2.24) is 4.90 Å². The Balaban J connectivity index is 2.00. The Morgan fingerprint density at radius 3 is 2.83 bits per heavy atom. The van der Waals surface area contributed by atoms with Crippen LogP contribution >= 0.6 is 0 Å². The lowest BCUT2D eigenvalue weighted by molar-refractivity contribution is 0.0322. The van der Waals surface area contributed by atoms with E-state index in [1.807, 2.05) is 0 Å². The Morgan fingerprint density at radius 1 is 1.35 bits per heavy atom. The first-order valence-corrected chi connectivity index (χ1v) is 7.46. The summed E-state index contributed by atoms with van der Waals surface area (Å²) in [5.74, 6) is 0.239. The van der Waals surface area contributed by atoms with E-state index < -0.39 is 5.97 Å². The van der Waals surface area contributed by atoms with Crippen LogP contribution in [-0.2, 0) is 14.3 Å². The summed E-state index contributed by atoms with van der Waals surface area (Å²) >= 11 is 0. The van der Waals surface area contributed by atoms with E-state index in [0.29, 0.717) is 23.5 Å². The normalized spacial score (nSPS) is 15.6. The first-order valence-electron chi connectivity index (χ1n) is 7.46. The first-order chi connectivity index (χ1) is 11.2. The van der Waals surface area contributed by atoms with Gasteiger partial charge in [0, 0.05) is 25.2 Å². The number of carbonyl (C=O) groups is 1. The van der Waals surface area contributed by atoms with Crippen molar-refractivity contribution in [3.05, 3.63) is 29.3 Å². The fourth-order valence-electron chi connectivity index (χ4n) is 2.24. The van der Waals surface area contributed by atoms with Gasteiger partial charge in [0.2, 0.25) is 0 Å². The number of nitrogens with zero attached hydrogens (tertiary/aromatic N) is 2. The van der Waals surface area contributed by atoms with Crippen LogP contribution in [0.25, 0.3) is 0 Å². The highest BCUT2D eigenvalue weighted by molar-refractivity contribution is 5.93. The van der Waals surface area contributed by atoms with Crippen LogP contribution in [0.5, 0.6) is 5.75 Å². The number of hydrogen-bond donors (Lipinski definition) is 0. The Labute approximate surface area is 135 Å². The molecule has 1 aliphatic heterocycles. The first kappa shape index (κ1) is 17.2. The maximum absolute atomic E-state index is 11.6. The zero-order valence-electron chi connectivity index (χ0n) is 13.5. The quantitative estimate of drug-likeness (QED) is 0.426. The van der Waals surface area contributed by atoms with E-state index in [1.54, 1.807) is 18.2 Å². The number of oxime groups is 1. The number of carbonyl (C=O) groups excluding carboxylic acids is 1. The molecule has 0 amide bonds. The predicted molar refractivity (Wildman–Crippen MR) is 85.1 cm³/mol. The number of rotatable bonds is 7. The van der Waals surface area contributed by atoms with Gasteiger partial charge in [-0.15, -0.1) is 0 Å². The third kappa shape index (κ3) is 5.22. The monoisotopic (exact) mass is 322 g/mol. The van der Waals surface area contributed by atoms with E-state index in [4.69, 9.17) is 19.0 Å². The molecule has 126 valence electrons. The van der Waals surface area contributed by atoms with Crippen LogP contribution in [0.15, 0.2) is 23.4 Å². The zero-order valence-corrected chi connectivity index (χ0v) is 13.5. The lowest BCUT2D eigenvalue weighted by Crippen LogP contribution is -2.38. The third-order valence-electron chi connectivity index (χ3n) is 3.50. The van der Waals surface area contributed by atoms with Gasteiger partial charge in [-0.2, -0.15) is 0 Å². The van der Waals surface area contributed by atoms with Gasteiger partial charge in [-0.25, -0.2) is 4.79 Å². The van der Waals surface area contributed by atoms with Gasteiger partial charge in [-0.05, 0) is 18.2 Å². The van der Waals surface area contributed by atoms with Crippen LogP contribution in [-0.4, -0.2) is 70.8 Å². The number of benzene rings is 1. The highest BCUT2D eigenvalue weighted by Gasteiger charge is 2.12. The smallest absolute Gasteiger partial charge is 0.337 e. The van der Waals surface area contributed by atoms with Crippen molar-refractivity contribution >= 4 is 12.2 Å². The number of ether oxygens (including phenoxy) is 3. The summed E-state index contributed by atoms with van der Waals surface area (Å²) in [6.45, 7) is 4.73. The fourth-order valence-corrected chi connectivity index (χ4v) is 2.24. The Hall–Kier alpha value is -2.12. The van der Waals surface area contributed by atoms with Crippen LogP contribution in [0.2, 0.25) is 0 Å². The summed E-state index contributed by atoms with van der Waals surface area (Å²) in [6, 6.07) is 5.07. The molecule has 1 aliphatic rings. The van der Waals surface area contributed by atoms with Crippen molar-refractivity contribution < 1.29 is 23.8 Å². The van der Waals surface area contributed by atoms with Crippen molar-refractivity contribution in [2.45, 2.75) is 0 Å². The van der Waals surface area contributed by atoms with Gasteiger partial charge >= 0.3 is 5.97 Å². The molecule has 2 rings (SSSR count). The van der Waals surface area contributed by atoms with Crippen LogP contribution < -0.4 is 4.74 Å². The minimum atomic E-state index is -0.406. The highest BCUT2D eigenvalue weighted by atomic mass is 16.6. The SMILES string of the molecule is CO/N=C\c1cc(C(=O)OC)ccc1OCCN1CCOCC1. The maximum Gasteiger partial charge on any atom is 0.337 e. The third-order valence-corrected chi connectivity index (χ3v) is 3.50. The molecular weight excluding hydrogens is 300 g/mol. The fraction of sp³-hybridized carbons (Fsp3) is 0.500. The molecule has 7 nitrogen and oxygen atoms in total. The lowest BCUT2D eigenvalue weighted by Gasteiger charge is -2.26. The second-order valence-corrected chi connectivity index (χ2v) is 4.96. The second kappa shape index (κ2) is 9.12. The molecule has 1 heterocycles. The number of esters is 1. The van der Waals surface area contributed by atoms with E-state index in [2.05, 4.69) is 10.1 Å². The highest BCUT2D eigenvalue weighted by Crippen LogP contribution is 2.19. The molecule has 23 heavy (non-hydrogen) atoms. The van der Waals surface area contributed by atoms with Crippen LogP contribution in [0.1, 0.15) is 15.9 Å². The molecule has 0 N–H and O–H groups in total. The van der Waals surface area contributed by atoms with Gasteiger partial charge in [0.05, 0.1) is 32.1 Å². The van der Waals surface area contributed by atoms with Crippen molar-refractivity contribution in [1.29, 1.82) is 0 Å². The van der Waals surface area contributed by atoms with E-state index in [0.717, 1.165) is 32.8 Å². The number of morpholine rings is 1. The molecule has 0 unspecified atom stereocenters. The molecule has 0 aliphatic carbocycles. The van der Waals surface area contributed by atoms with Gasteiger partial charge in [-0.1, -0.05) is 5.16 Å². The average molecular weight is 322 g/mol. The summed E-state index contributed by atoms with van der Waals surface area (Å²) in [5, 5.41) is 3.74. The number of hydrogen-bond acceptors (Lipinski definition) is 7. The molecular formula is C16H22N2O5. The molecule has 0 radical (unpaired) electrons. The van der Waals surface area contributed by atoms with Crippen molar-refractivity contribution in [3.8, 4) is 5.75 Å². The van der Waals surface area contributed by atoms with Crippen LogP contribution in [0.4, 0.5) is 0 Å². The standard InChI is InChI=1S/C16H22N2O5/c1-20-16(19)13-3-4-15(14(11-13)12-17-21-2)23-10-7-18-5-8-22-9-6-18/h3-4,11-12H,5-10H2,1-2H3/b17-12-. The van der Waals surface area contributed by atoms with E-state index in [-0.39, 0.29) is 0 Å². The topological polar surface area (TPSA) is 69.6 Å². The van der Waals surface area contributed by atoms with Gasteiger partial charge in [0.1, 0.15) is 19.5 Å².